The van der Waals surface area contributed by atoms with Gasteiger partial charge >= 0.3 is 0 Å². The smallest absolute Gasteiger partial charge is 0.293 e. The summed E-state index contributed by atoms with van der Waals surface area (Å²) in [6, 6.07) is 0. The van der Waals surface area contributed by atoms with E-state index in [0.29, 0.717) is 13.1 Å². The quantitative estimate of drug-likeness (QED) is 0.359. The maximum absolute atomic E-state index is 9.34. The summed E-state index contributed by atoms with van der Waals surface area (Å²) in [5, 5.41) is 7.06. The van der Waals surface area contributed by atoms with Gasteiger partial charge in [-0.25, -0.2) is 0 Å². The molecule has 0 aromatic rings. The number of rotatable bonds is 3. The van der Waals surface area contributed by atoms with Crippen LogP contribution in [0.3, 0.4) is 0 Å². The number of aliphatic hydroxyl groups is 1. The van der Waals surface area contributed by atoms with E-state index in [1.807, 2.05) is 6.92 Å². The molecule has 0 aromatic carbocycles. The van der Waals surface area contributed by atoms with Crippen LogP contribution in [0.2, 0.25) is 0 Å². The van der Waals surface area contributed by atoms with Gasteiger partial charge in [0.1, 0.15) is 0 Å². The van der Waals surface area contributed by atoms with E-state index in [2.05, 4.69) is 22.7 Å². The van der Waals surface area contributed by atoms with Crippen molar-refractivity contribution in [1.82, 2.24) is 0 Å². The lowest BCUT2D eigenvalue weighted by atomic mass is 10.5. The number of hydrogen-bond donors (Lipinski definition) is 2. The monoisotopic (exact) mass is 165 g/mol. The highest BCUT2D eigenvalue weighted by Crippen LogP contribution is 1.71. The molecule has 0 rings (SSSR count). The number of aliphatic hydroxyl groups excluding tert-OH is 1. The molecule has 10 heavy (non-hydrogen) atoms. The Kier molecular flexibility index (Phi) is 13.1. The van der Waals surface area contributed by atoms with Crippen molar-refractivity contribution in [2.45, 2.75) is 13.3 Å². The van der Waals surface area contributed by atoms with Crippen molar-refractivity contribution in [1.29, 1.82) is 0 Å². The van der Waals surface area contributed by atoms with E-state index in [1.54, 1.807) is 0 Å². The molecule has 5 heteroatoms. The summed E-state index contributed by atoms with van der Waals surface area (Å²) in [5.74, 6) is 0. The Hall–Kier alpha value is -0.840. The summed E-state index contributed by atoms with van der Waals surface area (Å²) in [7, 11) is 0. The first-order valence-electron chi connectivity index (χ1n) is 2.68. The molecule has 4 nitrogen and oxygen atoms in total. The van der Waals surface area contributed by atoms with Crippen LogP contribution in [0.1, 0.15) is 13.3 Å². The molecule has 0 aromatic heterocycles. The van der Waals surface area contributed by atoms with Crippen molar-refractivity contribution in [3.05, 3.63) is 0 Å². The first-order chi connectivity index (χ1) is 4.65. The Morgan fingerprint density at radius 2 is 2.30 bits per heavy atom. The fraction of sp³-hybridized carbons (Fsp3) is 0.600. The SMILES string of the molecule is CCCOC=O.NC(O)=S. The first-order valence-corrected chi connectivity index (χ1v) is 3.09. The van der Waals surface area contributed by atoms with Gasteiger partial charge in [0.25, 0.3) is 11.6 Å². The highest BCUT2D eigenvalue weighted by Gasteiger charge is 1.71. The van der Waals surface area contributed by atoms with Crippen LogP contribution in [0.15, 0.2) is 0 Å². The Balaban J connectivity index is 0. The molecule has 0 aliphatic heterocycles. The second-order valence-corrected chi connectivity index (χ2v) is 1.72. The van der Waals surface area contributed by atoms with Crippen LogP contribution in [0.25, 0.3) is 0 Å². The molecule has 60 valence electrons. The van der Waals surface area contributed by atoms with Gasteiger partial charge in [0.2, 0.25) is 0 Å². The van der Waals surface area contributed by atoms with E-state index in [0.717, 1.165) is 6.42 Å². The van der Waals surface area contributed by atoms with Crippen LogP contribution >= 0.6 is 12.2 Å². The van der Waals surface area contributed by atoms with Gasteiger partial charge in [0.05, 0.1) is 6.61 Å². The minimum absolute atomic E-state index is 0.462. The minimum atomic E-state index is -0.500. The summed E-state index contributed by atoms with van der Waals surface area (Å²) in [4.78, 5) is 9.34. The normalized spacial score (nSPS) is 6.90. The molecule has 0 aliphatic rings. The first kappa shape index (κ1) is 11.9. The summed E-state index contributed by atoms with van der Waals surface area (Å²) in [6.07, 6.45) is 0.902. The molecule has 0 saturated carbocycles. The number of carbonyl (C=O) groups excluding carboxylic acids is 1. The summed E-state index contributed by atoms with van der Waals surface area (Å²) >= 11 is 3.87. The fourth-order valence-electron chi connectivity index (χ4n) is 0.166. The van der Waals surface area contributed by atoms with Crippen molar-refractivity contribution in [3.8, 4) is 0 Å². The molecule has 0 amide bonds. The lowest BCUT2D eigenvalue weighted by Gasteiger charge is -1.86. The average Bonchev–Trinajstić information content (AvgIpc) is 1.82. The van der Waals surface area contributed by atoms with Crippen LogP contribution in [0.4, 0.5) is 0 Å². The van der Waals surface area contributed by atoms with Crippen LogP contribution in [0, 0.1) is 0 Å². The predicted octanol–water partition coefficient (Wildman–Crippen LogP) is 0.357. The maximum atomic E-state index is 9.34. The predicted molar refractivity (Wildman–Crippen MR) is 41.7 cm³/mol. The lowest BCUT2D eigenvalue weighted by Crippen LogP contribution is -2.03. The van der Waals surface area contributed by atoms with Crippen molar-refractivity contribution in [2.75, 3.05) is 6.61 Å². The zero-order valence-electron chi connectivity index (χ0n) is 5.74. The molecule has 0 unspecified atom stereocenters. The zero-order valence-corrected chi connectivity index (χ0v) is 6.56. The Morgan fingerprint density at radius 3 is 2.40 bits per heavy atom. The molecule has 3 N–H and O–H groups in total. The van der Waals surface area contributed by atoms with Crippen LogP contribution in [-0.4, -0.2) is 23.4 Å². The van der Waals surface area contributed by atoms with E-state index in [-0.39, 0.29) is 0 Å². The number of nitrogens with two attached hydrogens (primary N) is 1. The Morgan fingerprint density at radius 1 is 1.90 bits per heavy atom. The summed E-state index contributed by atoms with van der Waals surface area (Å²) < 4.78 is 4.30. The summed E-state index contributed by atoms with van der Waals surface area (Å²) in [5.41, 5.74) is 4.40. The van der Waals surface area contributed by atoms with Crippen LogP contribution < -0.4 is 5.73 Å². The molecule has 0 atom stereocenters. The van der Waals surface area contributed by atoms with E-state index >= 15 is 0 Å². The third kappa shape index (κ3) is 58.2. The second-order valence-electron chi connectivity index (χ2n) is 1.31. The molecular formula is C5H11NO3S. The fourth-order valence-corrected chi connectivity index (χ4v) is 0.166. The van der Waals surface area contributed by atoms with Gasteiger partial charge in [0, 0.05) is 0 Å². The van der Waals surface area contributed by atoms with Gasteiger partial charge in [0.15, 0.2) is 0 Å². The minimum Gasteiger partial charge on any atom is -0.487 e. The molecule has 0 fully saturated rings. The molecule has 0 radical (unpaired) electrons. The molecule has 0 spiro atoms. The Labute approximate surface area is 65.0 Å². The van der Waals surface area contributed by atoms with Crippen molar-refractivity contribution in [3.63, 3.8) is 0 Å². The Bertz CT molecular complexity index is 92.9. The zero-order chi connectivity index (χ0) is 8.41. The topological polar surface area (TPSA) is 72.5 Å². The van der Waals surface area contributed by atoms with Crippen LogP contribution in [-0.2, 0) is 9.53 Å². The average molecular weight is 165 g/mol. The third-order valence-electron chi connectivity index (χ3n) is 0.390. The van der Waals surface area contributed by atoms with E-state index in [9.17, 15) is 4.79 Å². The standard InChI is InChI=1S/C4H8O2.CH3NOS/c1-2-3-6-4-5;2-1(3)4/h4H,2-3H2,1H3;(H3,2,3,4). The molecule has 0 aliphatic carbocycles. The number of hydrogen-bond acceptors (Lipinski definition) is 3. The third-order valence-corrected chi connectivity index (χ3v) is 0.390. The number of ether oxygens (including phenoxy) is 1. The van der Waals surface area contributed by atoms with Crippen molar-refractivity contribution < 1.29 is 14.6 Å². The lowest BCUT2D eigenvalue weighted by molar-refractivity contribution is -0.128. The van der Waals surface area contributed by atoms with Gasteiger partial charge in [-0.3, -0.25) is 4.79 Å². The van der Waals surface area contributed by atoms with E-state index < -0.39 is 5.17 Å². The molecular weight excluding hydrogens is 154 g/mol. The number of carbonyl (C=O) groups is 1. The molecule has 0 bridgehead atoms. The van der Waals surface area contributed by atoms with Gasteiger partial charge in [-0.1, -0.05) is 6.92 Å². The van der Waals surface area contributed by atoms with Gasteiger partial charge < -0.3 is 15.6 Å². The van der Waals surface area contributed by atoms with Crippen molar-refractivity contribution in [2.24, 2.45) is 5.73 Å². The van der Waals surface area contributed by atoms with Gasteiger partial charge in [-0.05, 0) is 18.6 Å². The van der Waals surface area contributed by atoms with Crippen molar-refractivity contribution >= 4 is 23.9 Å². The highest BCUT2D eigenvalue weighted by molar-refractivity contribution is 7.79. The van der Waals surface area contributed by atoms with E-state index in [1.165, 1.54) is 0 Å². The van der Waals surface area contributed by atoms with Gasteiger partial charge in [-0.15, -0.1) is 0 Å². The number of thiocarbonyl (C=S) groups is 1. The van der Waals surface area contributed by atoms with Gasteiger partial charge in [-0.2, -0.15) is 0 Å². The summed E-state index contributed by atoms with van der Waals surface area (Å²) in [6.45, 7) is 2.95. The highest BCUT2D eigenvalue weighted by atomic mass is 32.1. The maximum Gasteiger partial charge on any atom is 0.293 e. The van der Waals surface area contributed by atoms with Crippen LogP contribution in [0.5, 0.6) is 0 Å². The molecule has 0 heterocycles. The molecule has 0 saturated heterocycles. The largest absolute Gasteiger partial charge is 0.487 e. The van der Waals surface area contributed by atoms with E-state index in [4.69, 9.17) is 5.11 Å². The second kappa shape index (κ2) is 11.0.